The predicted octanol–water partition coefficient (Wildman–Crippen LogP) is 3.26. The Morgan fingerprint density at radius 1 is 0.859 bits per heavy atom. The number of carbonyl (C=O) groups excluding carboxylic acids is 5. The highest BCUT2D eigenvalue weighted by molar-refractivity contribution is 7.21. The summed E-state index contributed by atoms with van der Waals surface area (Å²) in [5.41, 5.74) is 3.94. The average Bonchev–Trinajstić information content (AvgIpc) is 4.05. The minimum Gasteiger partial charge on any atom is -0.496 e. The van der Waals surface area contributed by atoms with Gasteiger partial charge in [0, 0.05) is 101 Å². The summed E-state index contributed by atoms with van der Waals surface area (Å²) < 4.78 is 13.9. The molecule has 3 unspecified atom stereocenters. The van der Waals surface area contributed by atoms with E-state index in [2.05, 4.69) is 30.2 Å². The number of rotatable bonds is 13. The highest BCUT2D eigenvalue weighted by Crippen LogP contribution is 2.42. The number of aryl methyl sites for hydroxylation is 1. The first kappa shape index (κ1) is 43.6. The van der Waals surface area contributed by atoms with Crippen molar-refractivity contribution in [3.63, 3.8) is 0 Å². The Labute approximate surface area is 376 Å². The monoisotopic (exact) mass is 892 g/mol. The van der Waals surface area contributed by atoms with E-state index in [1.54, 1.807) is 44.0 Å². The molecule has 0 bridgehead atoms. The van der Waals surface area contributed by atoms with Crippen molar-refractivity contribution < 1.29 is 33.4 Å². The molecule has 5 amide bonds. The van der Waals surface area contributed by atoms with Crippen molar-refractivity contribution in [1.82, 2.24) is 34.8 Å². The number of hydrogen-bond donors (Lipinski definition) is 2. The number of piperazine rings is 1. The van der Waals surface area contributed by atoms with Gasteiger partial charge in [0.2, 0.25) is 11.8 Å². The zero-order valence-corrected chi connectivity index (χ0v) is 37.9. The number of aromatic nitrogens is 1. The number of nitrogens with one attached hydrogen (secondary N) is 2. The van der Waals surface area contributed by atoms with Gasteiger partial charge in [0.25, 0.3) is 23.3 Å². The summed E-state index contributed by atoms with van der Waals surface area (Å²) in [6, 6.07) is 10.0. The number of hydrogen-bond acceptors (Lipinski definition) is 13. The zero-order valence-electron chi connectivity index (χ0n) is 37.1. The zero-order chi connectivity index (χ0) is 45.0. The van der Waals surface area contributed by atoms with Gasteiger partial charge in [0.05, 0.1) is 41.2 Å². The van der Waals surface area contributed by atoms with Crippen LogP contribution in [0.25, 0.3) is 21.2 Å². The Hall–Kier alpha value is -5.62. The van der Waals surface area contributed by atoms with Gasteiger partial charge in [-0.15, -0.1) is 11.3 Å². The van der Waals surface area contributed by atoms with Crippen LogP contribution < -0.4 is 30.6 Å². The van der Waals surface area contributed by atoms with Crippen LogP contribution in [0.2, 0.25) is 0 Å². The summed E-state index contributed by atoms with van der Waals surface area (Å²) in [6.45, 7) is 8.74. The van der Waals surface area contributed by atoms with Gasteiger partial charge < -0.3 is 34.1 Å². The van der Waals surface area contributed by atoms with Crippen molar-refractivity contribution >= 4 is 56.6 Å². The Kier molecular flexibility index (Phi) is 12.1. The van der Waals surface area contributed by atoms with Crippen molar-refractivity contribution in [1.29, 1.82) is 0 Å². The molecule has 338 valence electrons. The molecule has 17 heteroatoms. The largest absolute Gasteiger partial charge is 0.496 e. The standard InChI is InChI=1S/C47H56N8O8S/c1-50(2)25-36-38(62-4)18-28(19-39(36)63-5)35-26-51(3)45(59)34-21-40(64-42(34)35)44(58)48-22-27-16-29-23-53(24-30(29)17-27)11-10-52-12-14-54(15-13-52)31-6-7-32-33(20-31)47(61)55(46(32)60)37-8-9-41(56)49-43(37)57/h6-7,18-21,26-27,29-30,37H,8-17,22-25H2,1-5H3,(H,48,58)(H,49,56,57). The van der Waals surface area contributed by atoms with Gasteiger partial charge in [-0.25, -0.2) is 0 Å². The number of methoxy groups -OCH3 is 2. The van der Waals surface area contributed by atoms with Crippen LogP contribution in [0.15, 0.2) is 47.4 Å². The molecule has 2 N–H and O–H groups in total. The van der Waals surface area contributed by atoms with Gasteiger partial charge in [-0.05, 0) is 93.1 Å². The van der Waals surface area contributed by atoms with E-state index in [4.69, 9.17) is 9.47 Å². The number of likely N-dealkylation sites (tertiary alicyclic amines) is 1. The summed E-state index contributed by atoms with van der Waals surface area (Å²) in [5.74, 6) is 0.906. The minimum atomic E-state index is -0.976. The Morgan fingerprint density at radius 3 is 2.19 bits per heavy atom. The highest BCUT2D eigenvalue weighted by atomic mass is 32.1. The molecule has 0 spiro atoms. The van der Waals surface area contributed by atoms with Crippen molar-refractivity contribution in [2.24, 2.45) is 24.8 Å². The molecule has 1 aliphatic carbocycles. The molecule has 5 aliphatic rings. The van der Waals surface area contributed by atoms with Gasteiger partial charge in [-0.2, -0.15) is 0 Å². The normalized spacial score (nSPS) is 22.7. The first-order valence-corrected chi connectivity index (χ1v) is 23.0. The molecule has 1 saturated carbocycles. The summed E-state index contributed by atoms with van der Waals surface area (Å²) in [4.78, 5) is 88.5. The average molecular weight is 893 g/mol. The molecule has 9 rings (SSSR count). The molecule has 4 aliphatic heterocycles. The van der Waals surface area contributed by atoms with Crippen LogP contribution in [0.1, 0.15) is 61.6 Å². The molecule has 4 fully saturated rings. The first-order valence-electron chi connectivity index (χ1n) is 22.2. The van der Waals surface area contributed by atoms with Crippen LogP contribution in [-0.2, 0) is 23.2 Å². The maximum absolute atomic E-state index is 13.6. The van der Waals surface area contributed by atoms with Crippen molar-refractivity contribution in [3.8, 4) is 22.6 Å². The van der Waals surface area contributed by atoms with Gasteiger partial charge >= 0.3 is 0 Å². The number of piperidine rings is 1. The lowest BCUT2D eigenvalue weighted by Gasteiger charge is -2.37. The predicted molar refractivity (Wildman–Crippen MR) is 243 cm³/mol. The number of benzene rings is 2. The number of fused-ring (bicyclic) bond motifs is 3. The van der Waals surface area contributed by atoms with Crippen LogP contribution >= 0.6 is 11.3 Å². The van der Waals surface area contributed by atoms with E-state index >= 15 is 0 Å². The number of anilines is 1. The second-order valence-corrected chi connectivity index (χ2v) is 19.3. The lowest BCUT2D eigenvalue weighted by atomic mass is 10.0. The number of carbonyl (C=O) groups is 5. The molecule has 3 saturated heterocycles. The molecule has 16 nitrogen and oxygen atoms in total. The van der Waals surface area contributed by atoms with E-state index in [0.29, 0.717) is 63.7 Å². The Morgan fingerprint density at radius 2 is 1.53 bits per heavy atom. The van der Waals surface area contributed by atoms with E-state index in [9.17, 15) is 28.8 Å². The van der Waals surface area contributed by atoms with Crippen LogP contribution in [0.4, 0.5) is 5.69 Å². The van der Waals surface area contributed by atoms with Gasteiger partial charge in [0.15, 0.2) is 0 Å². The van der Waals surface area contributed by atoms with Crippen LogP contribution in [-0.4, -0.2) is 147 Å². The quantitative estimate of drug-likeness (QED) is 0.189. The number of amides is 5. The van der Waals surface area contributed by atoms with Crippen molar-refractivity contribution in [3.05, 3.63) is 74.5 Å². The SMILES string of the molecule is COc1cc(-c2cn(C)c(=O)c3cc(C(=O)NCC4CC5CN(CCN6CCN(c7ccc8c(c7)C(=O)N(C7CCC(=O)NC7=O)C8=O)CC6)CC5C4)sc23)cc(OC)c1CN(C)C. The maximum Gasteiger partial charge on any atom is 0.262 e. The molecule has 64 heavy (non-hydrogen) atoms. The molecular weight excluding hydrogens is 837 g/mol. The van der Waals surface area contributed by atoms with Gasteiger partial charge in [0.1, 0.15) is 17.5 Å². The first-order chi connectivity index (χ1) is 30.8. The molecule has 0 radical (unpaired) electrons. The molecule has 6 heterocycles. The molecule has 2 aromatic heterocycles. The van der Waals surface area contributed by atoms with Crippen LogP contribution in [0, 0.1) is 17.8 Å². The third-order valence-corrected chi connectivity index (χ3v) is 15.0. The Bertz CT molecular complexity index is 2560. The summed E-state index contributed by atoms with van der Waals surface area (Å²) >= 11 is 1.34. The van der Waals surface area contributed by atoms with E-state index in [0.717, 1.165) is 97.2 Å². The molecule has 3 atom stereocenters. The highest BCUT2D eigenvalue weighted by Gasteiger charge is 2.45. The van der Waals surface area contributed by atoms with E-state index in [1.165, 1.54) is 11.3 Å². The minimum absolute atomic E-state index is 0.0894. The van der Waals surface area contributed by atoms with Crippen LogP contribution in [0.3, 0.4) is 0 Å². The van der Waals surface area contributed by atoms with E-state index in [1.807, 2.05) is 38.5 Å². The summed E-state index contributed by atoms with van der Waals surface area (Å²) in [5, 5.41) is 5.97. The van der Waals surface area contributed by atoms with Gasteiger partial charge in [-0.3, -0.25) is 43.9 Å². The third-order valence-electron chi connectivity index (χ3n) is 13.8. The third kappa shape index (κ3) is 8.30. The number of imide groups is 2. The fraction of sp³-hybridized carbons (Fsp3) is 0.489. The fourth-order valence-electron chi connectivity index (χ4n) is 10.5. The summed E-state index contributed by atoms with van der Waals surface area (Å²) in [7, 11) is 8.99. The smallest absolute Gasteiger partial charge is 0.262 e. The van der Waals surface area contributed by atoms with Crippen molar-refractivity contribution in [2.75, 3.05) is 92.1 Å². The second-order valence-electron chi connectivity index (χ2n) is 18.2. The number of nitrogens with zero attached hydrogens (tertiary/aromatic N) is 6. The van der Waals surface area contributed by atoms with E-state index < -0.39 is 29.7 Å². The fourth-order valence-corrected chi connectivity index (χ4v) is 11.6. The molecular formula is C47H56N8O8S. The number of pyridine rings is 1. The molecule has 4 aromatic rings. The lowest BCUT2D eigenvalue weighted by Crippen LogP contribution is -2.54. The summed E-state index contributed by atoms with van der Waals surface area (Å²) in [6.07, 6.45) is 4.22. The second kappa shape index (κ2) is 17.7. The van der Waals surface area contributed by atoms with Crippen LogP contribution in [0.5, 0.6) is 11.5 Å². The van der Waals surface area contributed by atoms with Crippen molar-refractivity contribution in [2.45, 2.75) is 38.3 Å². The van der Waals surface area contributed by atoms with E-state index in [-0.39, 0.29) is 24.3 Å². The topological polar surface area (TPSA) is 166 Å². The van der Waals surface area contributed by atoms with Gasteiger partial charge in [-0.1, -0.05) is 0 Å². The number of ether oxygens (including phenoxy) is 2. The maximum atomic E-state index is 13.6. The number of thiophene rings is 1. The Balaban J connectivity index is 0.747. The molecule has 2 aromatic carbocycles. The lowest BCUT2D eigenvalue weighted by molar-refractivity contribution is -0.136.